The number of nitrogens with one attached hydrogen (secondary N) is 1. The first-order valence-electron chi connectivity index (χ1n) is 6.51. The monoisotopic (exact) mass is 288 g/mol. The average molecular weight is 289 g/mol. The first-order chi connectivity index (χ1) is 9.61. The zero-order chi connectivity index (χ0) is 14.5. The van der Waals surface area contributed by atoms with Crippen LogP contribution in [0.1, 0.15) is 28.4 Å². The Bertz CT molecular complexity index is 608. The zero-order valence-corrected chi connectivity index (χ0v) is 12.1. The number of hydrogen-bond donors (Lipinski definition) is 2. The Hall–Kier alpha value is -2.00. The van der Waals surface area contributed by atoms with Crippen molar-refractivity contribution >= 4 is 23.2 Å². The van der Waals surface area contributed by atoms with Crippen LogP contribution in [0.25, 0.3) is 0 Å². The van der Waals surface area contributed by atoms with Crippen molar-refractivity contribution in [1.82, 2.24) is 5.32 Å². The number of hydrogen-bond acceptors (Lipinski definition) is 2. The first kappa shape index (κ1) is 14.4. The number of anilines is 1. The van der Waals surface area contributed by atoms with Gasteiger partial charge in [-0.3, -0.25) is 4.79 Å². The summed E-state index contributed by atoms with van der Waals surface area (Å²) in [5, 5.41) is 3.14. The summed E-state index contributed by atoms with van der Waals surface area (Å²) in [4.78, 5) is 12.1. The van der Waals surface area contributed by atoms with Crippen molar-refractivity contribution in [3.63, 3.8) is 0 Å². The summed E-state index contributed by atoms with van der Waals surface area (Å²) in [6.45, 7) is 2.58. The standard InChI is InChI=1S/C16H17ClN2O/c1-2-11-6-8-12(9-7-11)10-19-16(20)13-4-3-5-14(18)15(13)17/h3-9H,2,10,18H2,1H3,(H,19,20). The quantitative estimate of drug-likeness (QED) is 0.847. The highest BCUT2D eigenvalue weighted by Gasteiger charge is 2.11. The number of amides is 1. The van der Waals surface area contributed by atoms with Crippen molar-refractivity contribution in [2.24, 2.45) is 0 Å². The van der Waals surface area contributed by atoms with Gasteiger partial charge in [0.1, 0.15) is 0 Å². The Balaban J connectivity index is 2.02. The number of aryl methyl sites for hydroxylation is 1. The molecule has 0 radical (unpaired) electrons. The summed E-state index contributed by atoms with van der Waals surface area (Å²) in [6.07, 6.45) is 1.01. The molecule has 3 N–H and O–H groups in total. The molecule has 2 aromatic carbocycles. The molecule has 104 valence electrons. The number of benzene rings is 2. The van der Waals surface area contributed by atoms with E-state index in [1.165, 1.54) is 5.56 Å². The summed E-state index contributed by atoms with van der Waals surface area (Å²) >= 11 is 6.02. The molecule has 0 heterocycles. The third-order valence-electron chi connectivity index (χ3n) is 3.16. The minimum absolute atomic E-state index is 0.220. The molecule has 0 saturated heterocycles. The van der Waals surface area contributed by atoms with Crippen molar-refractivity contribution in [3.8, 4) is 0 Å². The van der Waals surface area contributed by atoms with Crippen LogP contribution in [0.2, 0.25) is 5.02 Å². The normalized spacial score (nSPS) is 10.3. The summed E-state index contributed by atoms with van der Waals surface area (Å²) < 4.78 is 0. The van der Waals surface area contributed by atoms with E-state index in [1.807, 2.05) is 12.1 Å². The van der Waals surface area contributed by atoms with Crippen molar-refractivity contribution < 1.29 is 4.79 Å². The fourth-order valence-corrected chi connectivity index (χ4v) is 2.11. The largest absolute Gasteiger partial charge is 0.398 e. The Morgan fingerprint density at radius 1 is 1.15 bits per heavy atom. The number of nitrogen functional groups attached to an aromatic ring is 1. The Morgan fingerprint density at radius 2 is 1.80 bits per heavy atom. The number of rotatable bonds is 4. The molecule has 0 atom stereocenters. The average Bonchev–Trinajstić information content (AvgIpc) is 2.48. The van der Waals surface area contributed by atoms with Crippen LogP contribution >= 0.6 is 11.6 Å². The third kappa shape index (κ3) is 3.31. The number of halogens is 1. The van der Waals surface area contributed by atoms with Gasteiger partial charge in [0.15, 0.2) is 0 Å². The lowest BCUT2D eigenvalue weighted by Gasteiger charge is -2.08. The van der Waals surface area contributed by atoms with Crippen molar-refractivity contribution in [2.75, 3.05) is 5.73 Å². The Kier molecular flexibility index (Phi) is 4.64. The number of nitrogens with two attached hydrogens (primary N) is 1. The fraction of sp³-hybridized carbons (Fsp3) is 0.188. The van der Waals surface area contributed by atoms with Crippen LogP contribution < -0.4 is 11.1 Å². The van der Waals surface area contributed by atoms with E-state index < -0.39 is 0 Å². The fourth-order valence-electron chi connectivity index (χ4n) is 1.90. The molecule has 1 amide bonds. The number of carbonyl (C=O) groups excluding carboxylic acids is 1. The topological polar surface area (TPSA) is 55.1 Å². The first-order valence-corrected chi connectivity index (χ1v) is 6.89. The van der Waals surface area contributed by atoms with Crippen LogP contribution in [-0.4, -0.2) is 5.91 Å². The van der Waals surface area contributed by atoms with E-state index in [0.29, 0.717) is 22.8 Å². The maximum absolute atomic E-state index is 12.1. The van der Waals surface area contributed by atoms with E-state index in [9.17, 15) is 4.79 Å². The Morgan fingerprint density at radius 3 is 2.45 bits per heavy atom. The van der Waals surface area contributed by atoms with Crippen LogP contribution in [0.3, 0.4) is 0 Å². The summed E-state index contributed by atoms with van der Waals surface area (Å²) in [6, 6.07) is 13.2. The summed E-state index contributed by atoms with van der Waals surface area (Å²) in [5.74, 6) is -0.220. The van der Waals surface area contributed by atoms with Crippen molar-refractivity contribution in [3.05, 3.63) is 64.2 Å². The second-order valence-corrected chi connectivity index (χ2v) is 4.94. The van der Waals surface area contributed by atoms with Crippen LogP contribution in [0, 0.1) is 0 Å². The maximum Gasteiger partial charge on any atom is 0.253 e. The second kappa shape index (κ2) is 6.44. The number of carbonyl (C=O) groups is 1. The van der Waals surface area contributed by atoms with Gasteiger partial charge in [0.05, 0.1) is 16.3 Å². The van der Waals surface area contributed by atoms with E-state index >= 15 is 0 Å². The van der Waals surface area contributed by atoms with E-state index in [1.54, 1.807) is 18.2 Å². The van der Waals surface area contributed by atoms with E-state index in [-0.39, 0.29) is 5.91 Å². The van der Waals surface area contributed by atoms with Crippen LogP contribution in [0.15, 0.2) is 42.5 Å². The third-order valence-corrected chi connectivity index (χ3v) is 3.58. The molecular formula is C16H17ClN2O. The van der Waals surface area contributed by atoms with Gasteiger partial charge in [-0.2, -0.15) is 0 Å². The van der Waals surface area contributed by atoms with Crippen LogP contribution in [0.5, 0.6) is 0 Å². The van der Waals surface area contributed by atoms with Gasteiger partial charge in [-0.05, 0) is 29.7 Å². The molecule has 0 aliphatic rings. The van der Waals surface area contributed by atoms with Gasteiger partial charge >= 0.3 is 0 Å². The lowest BCUT2D eigenvalue weighted by Crippen LogP contribution is -2.23. The molecule has 4 heteroatoms. The molecule has 0 aliphatic heterocycles. The SMILES string of the molecule is CCc1ccc(CNC(=O)c2cccc(N)c2Cl)cc1. The lowest BCUT2D eigenvalue weighted by molar-refractivity contribution is 0.0951. The smallest absolute Gasteiger partial charge is 0.253 e. The molecule has 20 heavy (non-hydrogen) atoms. The molecule has 0 spiro atoms. The van der Waals surface area contributed by atoms with E-state index in [0.717, 1.165) is 12.0 Å². The molecule has 3 nitrogen and oxygen atoms in total. The van der Waals surface area contributed by atoms with Gasteiger partial charge in [-0.25, -0.2) is 0 Å². The molecule has 0 aromatic heterocycles. The molecular weight excluding hydrogens is 272 g/mol. The lowest BCUT2D eigenvalue weighted by atomic mass is 10.1. The maximum atomic E-state index is 12.1. The van der Waals surface area contributed by atoms with E-state index in [2.05, 4.69) is 24.4 Å². The minimum atomic E-state index is -0.220. The summed E-state index contributed by atoms with van der Waals surface area (Å²) in [7, 11) is 0. The predicted molar refractivity (Wildman–Crippen MR) is 82.9 cm³/mol. The predicted octanol–water partition coefficient (Wildman–Crippen LogP) is 3.41. The molecule has 0 bridgehead atoms. The highest BCUT2D eigenvalue weighted by Crippen LogP contribution is 2.22. The molecule has 2 rings (SSSR count). The van der Waals surface area contributed by atoms with Gasteiger partial charge in [0.2, 0.25) is 0 Å². The highest BCUT2D eigenvalue weighted by atomic mass is 35.5. The molecule has 0 aliphatic carbocycles. The van der Waals surface area contributed by atoms with Gasteiger partial charge in [0.25, 0.3) is 5.91 Å². The van der Waals surface area contributed by atoms with Gasteiger partial charge in [-0.1, -0.05) is 48.9 Å². The van der Waals surface area contributed by atoms with Crippen LogP contribution in [0.4, 0.5) is 5.69 Å². The van der Waals surface area contributed by atoms with E-state index in [4.69, 9.17) is 17.3 Å². The Labute approximate surface area is 123 Å². The van der Waals surface area contributed by atoms with Gasteiger partial charge in [-0.15, -0.1) is 0 Å². The molecule has 0 unspecified atom stereocenters. The van der Waals surface area contributed by atoms with Gasteiger partial charge in [0, 0.05) is 6.54 Å². The highest BCUT2D eigenvalue weighted by molar-refractivity contribution is 6.36. The minimum Gasteiger partial charge on any atom is -0.398 e. The molecule has 0 saturated carbocycles. The second-order valence-electron chi connectivity index (χ2n) is 4.56. The molecule has 0 fully saturated rings. The van der Waals surface area contributed by atoms with Crippen molar-refractivity contribution in [2.45, 2.75) is 19.9 Å². The van der Waals surface area contributed by atoms with Gasteiger partial charge < -0.3 is 11.1 Å². The molecule has 2 aromatic rings. The van der Waals surface area contributed by atoms with Crippen molar-refractivity contribution in [1.29, 1.82) is 0 Å². The summed E-state index contributed by atoms with van der Waals surface area (Å²) in [5.41, 5.74) is 8.82. The zero-order valence-electron chi connectivity index (χ0n) is 11.3. The van der Waals surface area contributed by atoms with Crippen LogP contribution in [-0.2, 0) is 13.0 Å².